The van der Waals surface area contributed by atoms with Crippen LogP contribution in [0.25, 0.3) is 0 Å². The van der Waals surface area contributed by atoms with Gasteiger partial charge in [-0.05, 0) is 24.5 Å². The van der Waals surface area contributed by atoms with E-state index in [9.17, 15) is 4.39 Å². The summed E-state index contributed by atoms with van der Waals surface area (Å²) in [6.45, 7) is 2.04. The van der Waals surface area contributed by atoms with E-state index in [0.29, 0.717) is 6.42 Å². The van der Waals surface area contributed by atoms with Crippen molar-refractivity contribution in [3.05, 3.63) is 47.2 Å². The van der Waals surface area contributed by atoms with Crippen molar-refractivity contribution in [1.82, 2.24) is 0 Å². The van der Waals surface area contributed by atoms with E-state index in [2.05, 4.69) is 9.98 Å². The molecule has 0 aromatic heterocycles. The lowest BCUT2D eigenvalue weighted by Crippen LogP contribution is -1.96. The van der Waals surface area contributed by atoms with Crippen LogP contribution in [0.2, 0.25) is 0 Å². The summed E-state index contributed by atoms with van der Waals surface area (Å²) >= 11 is 0. The minimum absolute atomic E-state index is 0.112. The molecule has 1 saturated carbocycles. The lowest BCUT2D eigenvalue weighted by Gasteiger charge is -2.02. The maximum Gasteiger partial charge on any atom is 0.158 e. The second kappa shape index (κ2) is 4.48. The van der Waals surface area contributed by atoms with Crippen LogP contribution in [0.1, 0.15) is 36.8 Å². The van der Waals surface area contributed by atoms with Crippen LogP contribution in [0, 0.1) is 0 Å². The summed E-state index contributed by atoms with van der Waals surface area (Å²) in [6, 6.07) is 7.92. The van der Waals surface area contributed by atoms with Gasteiger partial charge in [-0.25, -0.2) is 14.4 Å². The van der Waals surface area contributed by atoms with Gasteiger partial charge in [0.05, 0.1) is 0 Å². The molecule has 18 heavy (non-hydrogen) atoms. The van der Waals surface area contributed by atoms with Crippen LogP contribution in [0.5, 0.6) is 0 Å². The molecule has 2 atom stereocenters. The maximum absolute atomic E-state index is 13.0. The molecule has 0 bridgehead atoms. The number of hydrogen-bond donors (Lipinski definition) is 0. The third-order valence-corrected chi connectivity index (χ3v) is 3.34. The maximum atomic E-state index is 13.0. The molecule has 0 amide bonds. The molecule has 1 aliphatic carbocycles. The zero-order valence-corrected chi connectivity index (χ0v) is 10.3. The van der Waals surface area contributed by atoms with E-state index in [-0.39, 0.29) is 5.92 Å². The molecule has 1 aromatic rings. The predicted molar refractivity (Wildman–Crippen MR) is 72.1 cm³/mol. The van der Waals surface area contributed by atoms with Crippen molar-refractivity contribution in [1.29, 1.82) is 0 Å². The predicted octanol–water partition coefficient (Wildman–Crippen LogP) is 3.64. The lowest BCUT2D eigenvalue weighted by atomic mass is 10.1. The molecule has 3 rings (SSSR count). The number of rotatable bonds is 2. The molecule has 2 aliphatic rings. The Labute approximate surface area is 106 Å². The molecule has 1 fully saturated rings. The van der Waals surface area contributed by atoms with Crippen LogP contribution in [0.4, 0.5) is 4.39 Å². The van der Waals surface area contributed by atoms with Crippen molar-refractivity contribution in [3.8, 4) is 0 Å². The Morgan fingerprint density at radius 2 is 1.94 bits per heavy atom. The number of halogens is 1. The second-order valence-electron chi connectivity index (χ2n) is 4.92. The van der Waals surface area contributed by atoms with Crippen LogP contribution in [0.15, 0.2) is 46.0 Å². The van der Waals surface area contributed by atoms with Crippen molar-refractivity contribution in [3.63, 3.8) is 0 Å². The number of hydrogen-bond acceptors (Lipinski definition) is 2. The average molecular weight is 242 g/mol. The largest absolute Gasteiger partial charge is 0.247 e. The molecule has 2 unspecified atom stereocenters. The fraction of sp³-hybridized carbons (Fsp3) is 0.333. The van der Waals surface area contributed by atoms with Gasteiger partial charge in [0.15, 0.2) is 5.84 Å². The Morgan fingerprint density at radius 1 is 1.22 bits per heavy atom. The minimum atomic E-state index is -0.644. The quantitative estimate of drug-likeness (QED) is 0.756. The standard InChI is InChI=1S/C15H15FN2/c1-10-6-7-17-15(18-9-10)12-4-2-11(3-5-12)13-8-14(13)16/h2-5,7,9,13-14H,6,8H2,1H3. The number of amidine groups is 1. The molecule has 3 heteroatoms. The smallest absolute Gasteiger partial charge is 0.158 e. The summed E-state index contributed by atoms with van der Waals surface area (Å²) in [6.07, 6.45) is 4.60. The van der Waals surface area contributed by atoms with E-state index < -0.39 is 6.17 Å². The van der Waals surface area contributed by atoms with Gasteiger partial charge in [-0.2, -0.15) is 0 Å². The first-order chi connectivity index (χ1) is 8.74. The average Bonchev–Trinajstić information content (AvgIpc) is 3.13. The second-order valence-corrected chi connectivity index (χ2v) is 4.92. The van der Waals surface area contributed by atoms with E-state index in [1.165, 1.54) is 5.57 Å². The molecule has 0 saturated heterocycles. The van der Waals surface area contributed by atoms with Gasteiger partial charge in [0, 0.05) is 30.3 Å². The van der Waals surface area contributed by atoms with Crippen molar-refractivity contribution in [2.24, 2.45) is 9.98 Å². The van der Waals surface area contributed by atoms with Crippen LogP contribution < -0.4 is 0 Å². The molecule has 1 aromatic carbocycles. The molecule has 1 heterocycles. The summed E-state index contributed by atoms with van der Waals surface area (Å²) < 4.78 is 13.0. The monoisotopic (exact) mass is 242 g/mol. The van der Waals surface area contributed by atoms with E-state index in [1.807, 2.05) is 43.6 Å². The fourth-order valence-corrected chi connectivity index (χ4v) is 2.07. The van der Waals surface area contributed by atoms with E-state index >= 15 is 0 Å². The lowest BCUT2D eigenvalue weighted by molar-refractivity contribution is 0.468. The molecule has 92 valence electrons. The van der Waals surface area contributed by atoms with Crippen molar-refractivity contribution < 1.29 is 4.39 Å². The third kappa shape index (κ3) is 2.26. The van der Waals surface area contributed by atoms with E-state index in [1.54, 1.807) is 0 Å². The number of alkyl halides is 1. The summed E-state index contributed by atoms with van der Waals surface area (Å²) in [5.74, 6) is 0.840. The van der Waals surface area contributed by atoms with Gasteiger partial charge in [-0.1, -0.05) is 24.3 Å². The number of nitrogens with zero attached hydrogens (tertiary/aromatic N) is 2. The van der Waals surface area contributed by atoms with Gasteiger partial charge in [-0.15, -0.1) is 0 Å². The highest BCUT2D eigenvalue weighted by molar-refractivity contribution is 6.03. The Hall–Kier alpha value is -1.77. The van der Waals surface area contributed by atoms with Gasteiger partial charge < -0.3 is 0 Å². The molecular weight excluding hydrogens is 227 g/mol. The van der Waals surface area contributed by atoms with E-state index in [4.69, 9.17) is 0 Å². The first-order valence-electron chi connectivity index (χ1n) is 6.24. The number of aliphatic imine (C=N–C) groups is 2. The number of benzene rings is 1. The summed E-state index contributed by atoms with van der Waals surface area (Å²) in [5.41, 5.74) is 3.26. The highest BCUT2D eigenvalue weighted by Gasteiger charge is 2.38. The first-order valence-corrected chi connectivity index (χ1v) is 6.24. The van der Waals surface area contributed by atoms with Gasteiger partial charge >= 0.3 is 0 Å². The van der Waals surface area contributed by atoms with Crippen LogP contribution in [-0.4, -0.2) is 18.2 Å². The molecular formula is C15H15FN2. The van der Waals surface area contributed by atoms with Crippen LogP contribution in [0.3, 0.4) is 0 Å². The number of allylic oxidation sites excluding steroid dienone is 1. The van der Waals surface area contributed by atoms with Crippen LogP contribution in [-0.2, 0) is 0 Å². The fourth-order valence-electron chi connectivity index (χ4n) is 2.07. The Bertz CT molecular complexity index is 540. The zero-order chi connectivity index (χ0) is 12.5. The molecule has 0 N–H and O–H groups in total. The molecule has 0 radical (unpaired) electrons. The Balaban J connectivity index is 1.84. The summed E-state index contributed by atoms with van der Waals surface area (Å²) in [5, 5.41) is 0. The third-order valence-electron chi connectivity index (χ3n) is 3.34. The zero-order valence-electron chi connectivity index (χ0n) is 10.3. The van der Waals surface area contributed by atoms with E-state index in [0.717, 1.165) is 23.4 Å². The SMILES string of the molecule is CC1=CN=C(c2ccc(C3CC3F)cc2)N=CC1. The summed E-state index contributed by atoms with van der Waals surface area (Å²) in [4.78, 5) is 8.71. The first kappa shape index (κ1) is 11.3. The topological polar surface area (TPSA) is 24.7 Å². The Morgan fingerprint density at radius 3 is 2.61 bits per heavy atom. The minimum Gasteiger partial charge on any atom is -0.247 e. The Kier molecular flexibility index (Phi) is 2.82. The molecule has 2 nitrogen and oxygen atoms in total. The highest BCUT2D eigenvalue weighted by atomic mass is 19.1. The molecule has 0 spiro atoms. The van der Waals surface area contributed by atoms with Gasteiger partial charge in [-0.3, -0.25) is 0 Å². The van der Waals surface area contributed by atoms with Crippen LogP contribution >= 0.6 is 0 Å². The normalized spacial score (nSPS) is 26.3. The van der Waals surface area contributed by atoms with Crippen molar-refractivity contribution in [2.75, 3.05) is 0 Å². The van der Waals surface area contributed by atoms with Gasteiger partial charge in [0.25, 0.3) is 0 Å². The van der Waals surface area contributed by atoms with Crippen molar-refractivity contribution >= 4 is 12.1 Å². The van der Waals surface area contributed by atoms with Gasteiger partial charge in [0.1, 0.15) is 6.17 Å². The summed E-state index contributed by atoms with van der Waals surface area (Å²) in [7, 11) is 0. The highest BCUT2D eigenvalue weighted by Crippen LogP contribution is 2.43. The molecule has 1 aliphatic heterocycles. The van der Waals surface area contributed by atoms with Gasteiger partial charge in [0.2, 0.25) is 0 Å². The van der Waals surface area contributed by atoms with Crippen molar-refractivity contribution in [2.45, 2.75) is 31.9 Å².